The summed E-state index contributed by atoms with van der Waals surface area (Å²) in [6.07, 6.45) is 2.48. The number of nitrogens with one attached hydrogen (secondary N) is 1. The molecule has 1 fully saturated rings. The van der Waals surface area contributed by atoms with Crippen molar-refractivity contribution in [2.24, 2.45) is 0 Å². The van der Waals surface area contributed by atoms with Crippen LogP contribution in [-0.4, -0.2) is 26.9 Å². The topological polar surface area (TPSA) is 80.0 Å². The van der Waals surface area contributed by atoms with Crippen LogP contribution in [0.3, 0.4) is 0 Å². The summed E-state index contributed by atoms with van der Waals surface area (Å²) in [7, 11) is 2.06. The molecule has 0 atom stereocenters. The van der Waals surface area contributed by atoms with Crippen LogP contribution in [0.15, 0.2) is 66.7 Å². The van der Waals surface area contributed by atoms with E-state index >= 15 is 0 Å². The number of rotatable bonds is 7. The van der Waals surface area contributed by atoms with E-state index in [2.05, 4.69) is 92.9 Å². The van der Waals surface area contributed by atoms with Crippen LogP contribution in [0.2, 0.25) is 0 Å². The van der Waals surface area contributed by atoms with E-state index in [4.69, 9.17) is 5.73 Å². The van der Waals surface area contributed by atoms with E-state index in [1.807, 2.05) is 19.9 Å². The number of nitrogens with two attached hydrogens (primary N) is 1. The molecule has 1 saturated carbocycles. The van der Waals surface area contributed by atoms with Crippen LogP contribution < -0.4 is 11.1 Å². The molecule has 1 aliphatic rings. The third-order valence-corrected chi connectivity index (χ3v) is 5.60. The van der Waals surface area contributed by atoms with Crippen molar-refractivity contribution in [2.45, 2.75) is 45.7 Å². The van der Waals surface area contributed by atoms with E-state index in [1.54, 1.807) is 0 Å². The van der Waals surface area contributed by atoms with Crippen molar-refractivity contribution in [1.29, 1.82) is 0 Å². The smallest absolute Gasteiger partial charge is 0.232 e. The number of aromatic nitrogens is 3. The largest absolute Gasteiger partial charge is 0.368 e. The monoisotopic (exact) mass is 440 g/mol. The van der Waals surface area contributed by atoms with Gasteiger partial charge in [0, 0.05) is 12.2 Å². The minimum atomic E-state index is 0.232. The van der Waals surface area contributed by atoms with Crippen molar-refractivity contribution in [2.75, 3.05) is 18.1 Å². The normalized spacial score (nSPS) is 13.0. The Morgan fingerprint density at radius 2 is 1.61 bits per heavy atom. The molecule has 1 aliphatic carbocycles. The summed E-state index contributed by atoms with van der Waals surface area (Å²) in [5.74, 6) is 2.02. The molecule has 0 saturated heterocycles. The van der Waals surface area contributed by atoms with Crippen molar-refractivity contribution in [3.63, 3.8) is 0 Å². The van der Waals surface area contributed by atoms with Gasteiger partial charge in [0.1, 0.15) is 5.82 Å². The summed E-state index contributed by atoms with van der Waals surface area (Å²) in [5, 5.41) is 5.86. The fraction of sp³-hybridized carbons (Fsp3) is 0.296. The van der Waals surface area contributed by atoms with Gasteiger partial charge >= 0.3 is 0 Å². The second kappa shape index (κ2) is 10.4. The summed E-state index contributed by atoms with van der Waals surface area (Å²) in [4.78, 5) is 15.5. The lowest BCUT2D eigenvalue weighted by Crippen LogP contribution is -2.20. The van der Waals surface area contributed by atoms with Crippen LogP contribution >= 0.6 is 0 Å². The average Bonchev–Trinajstić information content (AvgIpc) is 3.66. The molecule has 6 heteroatoms. The molecule has 4 aromatic rings. The van der Waals surface area contributed by atoms with Crippen molar-refractivity contribution in [3.8, 4) is 0 Å². The maximum Gasteiger partial charge on any atom is 0.232 e. The van der Waals surface area contributed by atoms with Crippen LogP contribution in [0.25, 0.3) is 10.8 Å². The minimum absolute atomic E-state index is 0.232. The molecule has 0 aliphatic heterocycles. The Balaban J connectivity index is 0.00000126. The van der Waals surface area contributed by atoms with Gasteiger partial charge in [-0.1, -0.05) is 68.4 Å². The Bertz CT molecular complexity index is 1220. The standard InChI is InChI=1S/C25H26N6.C2H6/c1-31(15-17-10-11-18-6-2-3-7-20(18)14-17)16-23-28-24(26)30-25(29-23)27-22-9-5-4-8-21(22)19-12-13-19;1-2/h2-11,14,19H,12-13,15-16H2,1H3,(H3,26,27,28,29,30);1-2H3. The number of anilines is 3. The number of fused-ring (bicyclic) bond motifs is 1. The molecule has 6 nitrogen and oxygen atoms in total. The maximum absolute atomic E-state index is 5.99. The second-order valence-corrected chi connectivity index (χ2v) is 8.27. The van der Waals surface area contributed by atoms with E-state index in [-0.39, 0.29) is 5.95 Å². The molecule has 1 aromatic heterocycles. The van der Waals surface area contributed by atoms with Crippen molar-refractivity contribution in [1.82, 2.24) is 19.9 Å². The Morgan fingerprint density at radius 3 is 2.39 bits per heavy atom. The summed E-state index contributed by atoms with van der Waals surface area (Å²) in [6, 6.07) is 23.3. The van der Waals surface area contributed by atoms with Crippen LogP contribution in [0.1, 0.15) is 49.6 Å². The van der Waals surface area contributed by atoms with Gasteiger partial charge in [-0.3, -0.25) is 4.90 Å². The molecule has 5 rings (SSSR count). The molecule has 33 heavy (non-hydrogen) atoms. The van der Waals surface area contributed by atoms with Gasteiger partial charge in [0.25, 0.3) is 0 Å². The van der Waals surface area contributed by atoms with Crippen LogP contribution in [0.4, 0.5) is 17.6 Å². The van der Waals surface area contributed by atoms with Gasteiger partial charge < -0.3 is 11.1 Å². The van der Waals surface area contributed by atoms with E-state index in [0.717, 1.165) is 12.2 Å². The minimum Gasteiger partial charge on any atom is -0.368 e. The first kappa shape index (κ1) is 22.7. The summed E-state index contributed by atoms with van der Waals surface area (Å²) in [5.41, 5.74) is 9.61. The highest BCUT2D eigenvalue weighted by Crippen LogP contribution is 2.43. The van der Waals surface area contributed by atoms with Crippen molar-refractivity contribution >= 4 is 28.4 Å². The Hall–Kier alpha value is -3.51. The SMILES string of the molecule is CC.CN(Cc1ccc2ccccc2c1)Cc1nc(N)nc(Nc2ccccc2C2CC2)n1. The number of benzene rings is 3. The first-order valence-corrected chi connectivity index (χ1v) is 11.7. The van der Waals surface area contributed by atoms with Crippen LogP contribution in [0.5, 0.6) is 0 Å². The number of para-hydroxylation sites is 1. The summed E-state index contributed by atoms with van der Waals surface area (Å²) < 4.78 is 0. The molecule has 0 radical (unpaired) electrons. The molecule has 0 amide bonds. The van der Waals surface area contributed by atoms with Crippen molar-refractivity contribution in [3.05, 3.63) is 83.7 Å². The molecule has 0 unspecified atom stereocenters. The third-order valence-electron chi connectivity index (χ3n) is 5.60. The number of nitrogens with zero attached hydrogens (tertiary/aromatic N) is 4. The zero-order chi connectivity index (χ0) is 23.2. The highest BCUT2D eigenvalue weighted by atomic mass is 15.2. The zero-order valence-corrected chi connectivity index (χ0v) is 19.6. The van der Waals surface area contributed by atoms with Gasteiger partial charge in [0.05, 0.1) is 6.54 Å². The first-order valence-electron chi connectivity index (χ1n) is 11.7. The van der Waals surface area contributed by atoms with E-state index in [1.165, 1.54) is 34.7 Å². The quantitative estimate of drug-likeness (QED) is 0.373. The lowest BCUT2D eigenvalue weighted by atomic mass is 10.1. The van der Waals surface area contributed by atoms with Gasteiger partial charge in [0.15, 0.2) is 0 Å². The van der Waals surface area contributed by atoms with Gasteiger partial charge in [0.2, 0.25) is 11.9 Å². The van der Waals surface area contributed by atoms with Gasteiger partial charge in [-0.2, -0.15) is 15.0 Å². The Morgan fingerprint density at radius 1 is 0.879 bits per heavy atom. The first-order chi connectivity index (χ1) is 16.1. The molecule has 170 valence electrons. The van der Waals surface area contributed by atoms with Gasteiger partial charge in [-0.15, -0.1) is 0 Å². The second-order valence-electron chi connectivity index (χ2n) is 8.27. The van der Waals surface area contributed by atoms with Crippen molar-refractivity contribution < 1.29 is 0 Å². The Labute approximate surface area is 195 Å². The summed E-state index contributed by atoms with van der Waals surface area (Å²) >= 11 is 0. The highest BCUT2D eigenvalue weighted by molar-refractivity contribution is 5.82. The molecule has 3 N–H and O–H groups in total. The average molecular weight is 441 g/mol. The maximum atomic E-state index is 5.99. The van der Waals surface area contributed by atoms with E-state index in [9.17, 15) is 0 Å². The fourth-order valence-corrected chi connectivity index (χ4v) is 3.99. The molecular formula is C27H32N6. The van der Waals surface area contributed by atoms with Gasteiger partial charge in [-0.25, -0.2) is 0 Å². The lowest BCUT2D eigenvalue weighted by Gasteiger charge is -2.17. The predicted molar refractivity (Wildman–Crippen MR) is 136 cm³/mol. The van der Waals surface area contributed by atoms with Crippen LogP contribution in [0, 0.1) is 0 Å². The number of hydrogen-bond acceptors (Lipinski definition) is 6. The fourth-order valence-electron chi connectivity index (χ4n) is 3.99. The highest BCUT2D eigenvalue weighted by Gasteiger charge is 2.26. The molecule has 0 bridgehead atoms. The molecule has 1 heterocycles. The molecular weight excluding hydrogens is 408 g/mol. The number of hydrogen-bond donors (Lipinski definition) is 2. The zero-order valence-electron chi connectivity index (χ0n) is 19.6. The number of nitrogen functional groups attached to an aromatic ring is 1. The lowest BCUT2D eigenvalue weighted by molar-refractivity contribution is 0.310. The van der Waals surface area contributed by atoms with Gasteiger partial charge in [-0.05, 0) is 59.8 Å². The molecule has 3 aromatic carbocycles. The van der Waals surface area contributed by atoms with E-state index in [0.29, 0.717) is 24.2 Å². The van der Waals surface area contributed by atoms with E-state index < -0.39 is 0 Å². The third kappa shape index (κ3) is 5.84. The summed E-state index contributed by atoms with van der Waals surface area (Å²) in [6.45, 7) is 5.38. The van der Waals surface area contributed by atoms with Crippen LogP contribution in [-0.2, 0) is 13.1 Å². The molecule has 0 spiro atoms. The predicted octanol–water partition coefficient (Wildman–Crippen LogP) is 5.89. The Kier molecular flexibility index (Phi) is 7.15.